The van der Waals surface area contributed by atoms with E-state index in [9.17, 15) is 4.39 Å². The SMILES string of the molecule is Cc1nnc(Oc2ccc(N)cc2F)c2ccccc12. The zero-order valence-corrected chi connectivity index (χ0v) is 10.8. The van der Waals surface area contributed by atoms with Gasteiger partial charge in [0.25, 0.3) is 0 Å². The molecule has 0 aliphatic rings. The van der Waals surface area contributed by atoms with Crippen LogP contribution in [-0.2, 0) is 0 Å². The van der Waals surface area contributed by atoms with Crippen molar-refractivity contribution in [1.82, 2.24) is 10.2 Å². The van der Waals surface area contributed by atoms with Gasteiger partial charge in [-0.25, -0.2) is 4.39 Å². The molecule has 0 radical (unpaired) electrons. The molecule has 0 unspecified atom stereocenters. The lowest BCUT2D eigenvalue weighted by molar-refractivity contribution is 0.427. The van der Waals surface area contributed by atoms with E-state index < -0.39 is 5.82 Å². The lowest BCUT2D eigenvalue weighted by atomic mass is 10.1. The number of fused-ring (bicyclic) bond motifs is 1. The molecule has 0 aliphatic carbocycles. The van der Waals surface area contributed by atoms with Crippen molar-refractivity contribution in [2.24, 2.45) is 0 Å². The monoisotopic (exact) mass is 269 g/mol. The summed E-state index contributed by atoms with van der Waals surface area (Å²) in [7, 11) is 0. The first-order chi connectivity index (χ1) is 9.65. The molecule has 4 nitrogen and oxygen atoms in total. The van der Waals surface area contributed by atoms with E-state index in [2.05, 4.69) is 10.2 Å². The van der Waals surface area contributed by atoms with Crippen molar-refractivity contribution in [3.8, 4) is 11.6 Å². The molecule has 1 heterocycles. The Balaban J connectivity index is 2.09. The summed E-state index contributed by atoms with van der Waals surface area (Å²) in [6.45, 7) is 1.86. The number of rotatable bonds is 2. The van der Waals surface area contributed by atoms with Crippen molar-refractivity contribution in [2.45, 2.75) is 6.92 Å². The van der Waals surface area contributed by atoms with Crippen LogP contribution in [-0.4, -0.2) is 10.2 Å². The summed E-state index contributed by atoms with van der Waals surface area (Å²) in [5.41, 5.74) is 6.65. The number of nitrogen functional groups attached to an aromatic ring is 1. The number of hydrogen-bond donors (Lipinski definition) is 1. The Morgan fingerprint density at radius 3 is 2.55 bits per heavy atom. The molecule has 1 aromatic heterocycles. The van der Waals surface area contributed by atoms with Gasteiger partial charge in [-0.15, -0.1) is 5.10 Å². The van der Waals surface area contributed by atoms with Gasteiger partial charge in [-0.1, -0.05) is 18.2 Å². The maximum atomic E-state index is 13.8. The number of nitrogens with zero attached hydrogens (tertiary/aromatic N) is 2. The number of anilines is 1. The van der Waals surface area contributed by atoms with Crippen molar-refractivity contribution < 1.29 is 9.13 Å². The van der Waals surface area contributed by atoms with E-state index in [1.165, 1.54) is 12.1 Å². The largest absolute Gasteiger partial charge is 0.434 e. The second-order valence-corrected chi connectivity index (χ2v) is 4.43. The van der Waals surface area contributed by atoms with Crippen molar-refractivity contribution in [2.75, 3.05) is 5.73 Å². The van der Waals surface area contributed by atoms with Gasteiger partial charge in [0.1, 0.15) is 0 Å². The summed E-state index contributed by atoms with van der Waals surface area (Å²) < 4.78 is 19.3. The molecule has 3 rings (SSSR count). The van der Waals surface area contributed by atoms with Crippen LogP contribution in [0, 0.1) is 12.7 Å². The summed E-state index contributed by atoms with van der Waals surface area (Å²) in [5.74, 6) is -0.186. The van der Waals surface area contributed by atoms with Gasteiger partial charge >= 0.3 is 0 Å². The molecule has 0 amide bonds. The van der Waals surface area contributed by atoms with Crippen LogP contribution in [0.15, 0.2) is 42.5 Å². The second-order valence-electron chi connectivity index (χ2n) is 4.43. The van der Waals surface area contributed by atoms with Gasteiger partial charge in [0.2, 0.25) is 5.88 Å². The summed E-state index contributed by atoms with van der Waals surface area (Å²) >= 11 is 0. The first kappa shape index (κ1) is 12.3. The topological polar surface area (TPSA) is 61.0 Å². The molecular weight excluding hydrogens is 257 g/mol. The van der Waals surface area contributed by atoms with Crippen molar-refractivity contribution >= 4 is 16.5 Å². The predicted molar refractivity (Wildman–Crippen MR) is 75.2 cm³/mol. The number of nitrogens with two attached hydrogens (primary N) is 1. The summed E-state index contributed by atoms with van der Waals surface area (Å²) in [6, 6.07) is 11.8. The lowest BCUT2D eigenvalue weighted by Crippen LogP contribution is -1.97. The molecule has 0 saturated heterocycles. The zero-order valence-electron chi connectivity index (χ0n) is 10.8. The molecule has 0 aliphatic heterocycles. The first-order valence-corrected chi connectivity index (χ1v) is 6.10. The van der Waals surface area contributed by atoms with Crippen LogP contribution in [0.4, 0.5) is 10.1 Å². The van der Waals surface area contributed by atoms with Gasteiger partial charge in [-0.2, -0.15) is 5.10 Å². The normalized spacial score (nSPS) is 10.7. The maximum Gasteiger partial charge on any atom is 0.246 e. The quantitative estimate of drug-likeness (QED) is 0.724. The molecule has 0 saturated carbocycles. The highest BCUT2D eigenvalue weighted by Crippen LogP contribution is 2.30. The number of halogens is 1. The van der Waals surface area contributed by atoms with Gasteiger partial charge in [0, 0.05) is 22.5 Å². The molecule has 2 N–H and O–H groups in total. The Bertz CT molecular complexity index is 789. The summed E-state index contributed by atoms with van der Waals surface area (Å²) in [6.07, 6.45) is 0. The van der Waals surface area contributed by atoms with E-state index >= 15 is 0 Å². The number of ether oxygens (including phenoxy) is 1. The van der Waals surface area contributed by atoms with Gasteiger partial charge in [0.15, 0.2) is 11.6 Å². The Morgan fingerprint density at radius 1 is 1.05 bits per heavy atom. The molecule has 3 aromatic rings. The lowest BCUT2D eigenvalue weighted by Gasteiger charge is -2.09. The third-order valence-corrected chi connectivity index (χ3v) is 3.00. The van der Waals surface area contributed by atoms with Crippen LogP contribution >= 0.6 is 0 Å². The van der Waals surface area contributed by atoms with Crippen molar-refractivity contribution in [3.63, 3.8) is 0 Å². The first-order valence-electron chi connectivity index (χ1n) is 6.10. The molecule has 20 heavy (non-hydrogen) atoms. The molecule has 0 fully saturated rings. The fraction of sp³-hybridized carbons (Fsp3) is 0.0667. The highest BCUT2D eigenvalue weighted by Gasteiger charge is 2.11. The Morgan fingerprint density at radius 2 is 1.80 bits per heavy atom. The Kier molecular flexibility index (Phi) is 2.95. The number of aryl methyl sites for hydroxylation is 1. The van der Waals surface area contributed by atoms with E-state index in [0.29, 0.717) is 5.69 Å². The van der Waals surface area contributed by atoms with Crippen LogP contribution in [0.2, 0.25) is 0 Å². The second kappa shape index (κ2) is 4.77. The molecular formula is C15H12FN3O. The van der Waals surface area contributed by atoms with Crippen molar-refractivity contribution in [1.29, 1.82) is 0 Å². The van der Waals surface area contributed by atoms with Crippen LogP contribution in [0.1, 0.15) is 5.69 Å². The Labute approximate surface area is 115 Å². The highest BCUT2D eigenvalue weighted by molar-refractivity contribution is 5.88. The van der Waals surface area contributed by atoms with E-state index in [1.54, 1.807) is 6.07 Å². The maximum absolute atomic E-state index is 13.8. The summed E-state index contributed by atoms with van der Waals surface area (Å²) in [4.78, 5) is 0. The molecule has 0 bridgehead atoms. The van der Waals surface area contributed by atoms with Crippen LogP contribution in [0.5, 0.6) is 11.6 Å². The van der Waals surface area contributed by atoms with Crippen LogP contribution < -0.4 is 10.5 Å². The summed E-state index contributed by atoms with van der Waals surface area (Å²) in [5, 5.41) is 9.74. The molecule has 2 aromatic carbocycles. The number of hydrogen-bond acceptors (Lipinski definition) is 4. The molecule has 0 atom stereocenters. The molecule has 100 valence electrons. The van der Waals surface area contributed by atoms with Gasteiger partial charge in [-0.3, -0.25) is 0 Å². The minimum Gasteiger partial charge on any atom is -0.434 e. The van der Waals surface area contributed by atoms with Crippen molar-refractivity contribution in [3.05, 3.63) is 54.0 Å². The molecule has 0 spiro atoms. The van der Waals surface area contributed by atoms with Gasteiger partial charge < -0.3 is 10.5 Å². The van der Waals surface area contributed by atoms with E-state index in [-0.39, 0.29) is 11.6 Å². The fourth-order valence-corrected chi connectivity index (χ4v) is 1.99. The average molecular weight is 269 g/mol. The minimum atomic E-state index is -0.531. The average Bonchev–Trinajstić information content (AvgIpc) is 2.45. The number of benzene rings is 2. The van der Waals surface area contributed by atoms with E-state index in [4.69, 9.17) is 10.5 Å². The Hall–Kier alpha value is -2.69. The standard InChI is InChI=1S/C15H12FN3O/c1-9-11-4-2-3-5-12(11)15(19-18-9)20-14-7-6-10(17)8-13(14)16/h2-8H,17H2,1H3. The highest BCUT2D eigenvalue weighted by atomic mass is 19.1. The molecule has 5 heteroatoms. The zero-order chi connectivity index (χ0) is 14.1. The smallest absolute Gasteiger partial charge is 0.246 e. The minimum absolute atomic E-state index is 0.0718. The third-order valence-electron chi connectivity index (χ3n) is 3.00. The number of aromatic nitrogens is 2. The van der Waals surface area contributed by atoms with Crippen LogP contribution in [0.3, 0.4) is 0 Å². The third kappa shape index (κ3) is 2.14. The fourth-order valence-electron chi connectivity index (χ4n) is 1.99. The predicted octanol–water partition coefficient (Wildman–Crippen LogP) is 3.45. The van der Waals surface area contributed by atoms with E-state index in [1.807, 2.05) is 31.2 Å². The van der Waals surface area contributed by atoms with Gasteiger partial charge in [0.05, 0.1) is 5.69 Å². The van der Waals surface area contributed by atoms with Gasteiger partial charge in [-0.05, 0) is 25.1 Å². The van der Waals surface area contributed by atoms with Crippen LogP contribution in [0.25, 0.3) is 10.8 Å². The van der Waals surface area contributed by atoms with E-state index in [0.717, 1.165) is 16.5 Å².